The summed E-state index contributed by atoms with van der Waals surface area (Å²) in [6, 6.07) is 5.74. The first-order chi connectivity index (χ1) is 12.9. The fourth-order valence-electron chi connectivity index (χ4n) is 2.67. The van der Waals surface area contributed by atoms with E-state index in [9.17, 15) is 19.7 Å². The highest BCUT2D eigenvalue weighted by Gasteiger charge is 2.43. The van der Waals surface area contributed by atoms with Crippen molar-refractivity contribution in [2.45, 2.75) is 38.7 Å². The summed E-state index contributed by atoms with van der Waals surface area (Å²) in [6.45, 7) is 3.75. The van der Waals surface area contributed by atoms with Gasteiger partial charge in [0.25, 0.3) is 5.69 Å². The fourth-order valence-corrected chi connectivity index (χ4v) is 3.69. The molecule has 1 atom stereocenters. The van der Waals surface area contributed by atoms with E-state index in [0.29, 0.717) is 24.2 Å². The Bertz CT molecular complexity index is 741. The second-order valence-corrected chi connectivity index (χ2v) is 7.16. The molecule has 146 valence electrons. The number of likely N-dealkylation sites (tertiary alicyclic amines) is 1. The van der Waals surface area contributed by atoms with Crippen LogP contribution in [-0.4, -0.2) is 39.9 Å². The molecule has 0 N–H and O–H groups in total. The van der Waals surface area contributed by atoms with Crippen LogP contribution >= 0.6 is 11.8 Å². The zero-order chi connectivity index (χ0) is 20.0. The molecular weight excluding hydrogens is 372 g/mol. The van der Waals surface area contributed by atoms with Gasteiger partial charge in [-0.1, -0.05) is 13.8 Å². The number of ether oxygens (including phenoxy) is 2. The van der Waals surface area contributed by atoms with Crippen molar-refractivity contribution < 1.29 is 24.0 Å². The van der Waals surface area contributed by atoms with E-state index in [0.717, 1.165) is 5.75 Å². The minimum atomic E-state index is -0.651. The Morgan fingerprint density at radius 3 is 2.48 bits per heavy atom. The highest BCUT2D eigenvalue weighted by molar-refractivity contribution is 7.99. The largest absolute Gasteiger partial charge is 0.499 e. The number of β-lactam (4-membered cyclic amide) rings is 1. The predicted molar refractivity (Wildman–Crippen MR) is 101 cm³/mol. The third kappa shape index (κ3) is 4.79. The average Bonchev–Trinajstić information content (AvgIpc) is 2.66. The molecule has 1 heterocycles. The van der Waals surface area contributed by atoms with E-state index >= 15 is 0 Å². The standard InChI is InChI=1S/C18H22N2O6S/c1-4-14(25-3)17(19-15(21)10-16(19)27-5-2)18(22)26-11-12-6-8-13(9-7-12)20(23)24/h6-9,16H,4-5,10-11H2,1-3H3/b17-14+. The number of carbonyl (C=O) groups is 2. The molecule has 8 nitrogen and oxygen atoms in total. The number of allylic oxidation sites excluding steroid dienone is 1. The number of hydrogen-bond donors (Lipinski definition) is 0. The number of nitro benzene ring substituents is 1. The molecule has 0 aromatic heterocycles. The number of amides is 1. The van der Waals surface area contributed by atoms with Crippen molar-refractivity contribution in [1.82, 2.24) is 4.90 Å². The molecule has 0 spiro atoms. The van der Waals surface area contributed by atoms with Gasteiger partial charge in [-0.3, -0.25) is 19.8 Å². The summed E-state index contributed by atoms with van der Waals surface area (Å²) in [5, 5.41) is 10.6. The monoisotopic (exact) mass is 394 g/mol. The van der Waals surface area contributed by atoms with Gasteiger partial charge in [-0.15, -0.1) is 11.8 Å². The van der Waals surface area contributed by atoms with Gasteiger partial charge >= 0.3 is 5.97 Å². The third-order valence-electron chi connectivity index (χ3n) is 4.05. The average molecular weight is 394 g/mol. The Labute approximate surface area is 161 Å². The zero-order valence-electron chi connectivity index (χ0n) is 15.5. The molecule has 9 heteroatoms. The highest BCUT2D eigenvalue weighted by atomic mass is 32.2. The van der Waals surface area contributed by atoms with Gasteiger partial charge in [0, 0.05) is 18.6 Å². The van der Waals surface area contributed by atoms with Crippen molar-refractivity contribution in [2.24, 2.45) is 0 Å². The summed E-state index contributed by atoms with van der Waals surface area (Å²) in [6.07, 6.45) is 0.810. The number of nitrogens with zero attached hydrogens (tertiary/aromatic N) is 2. The number of thioether (sulfide) groups is 1. The SMILES string of the molecule is CCSC1CC(=O)N1/C(C(=O)OCc1ccc([N+](=O)[O-])cc1)=C(\CC)OC. The molecule has 0 bridgehead atoms. The predicted octanol–water partition coefficient (Wildman–Crippen LogP) is 3.22. The van der Waals surface area contributed by atoms with E-state index in [1.807, 2.05) is 13.8 Å². The van der Waals surface area contributed by atoms with Gasteiger partial charge in [0.1, 0.15) is 12.4 Å². The molecule has 0 aliphatic carbocycles. The molecule has 1 aliphatic rings. The summed E-state index contributed by atoms with van der Waals surface area (Å²) in [5.74, 6) is 0.403. The van der Waals surface area contributed by atoms with Crippen LogP contribution in [0.1, 0.15) is 32.3 Å². The number of non-ortho nitro benzene ring substituents is 1. The molecule has 27 heavy (non-hydrogen) atoms. The maximum Gasteiger partial charge on any atom is 0.358 e. The lowest BCUT2D eigenvalue weighted by Crippen LogP contribution is -2.52. The first kappa shape index (κ1) is 20.8. The lowest BCUT2D eigenvalue weighted by atomic mass is 10.1. The minimum Gasteiger partial charge on any atom is -0.499 e. The second-order valence-electron chi connectivity index (χ2n) is 5.71. The number of hydrogen-bond acceptors (Lipinski definition) is 7. The Morgan fingerprint density at radius 2 is 2.00 bits per heavy atom. The highest BCUT2D eigenvalue weighted by Crippen LogP contribution is 2.35. The van der Waals surface area contributed by atoms with Crippen molar-refractivity contribution in [3.05, 3.63) is 51.4 Å². The van der Waals surface area contributed by atoms with Gasteiger partial charge < -0.3 is 9.47 Å². The van der Waals surface area contributed by atoms with E-state index in [1.165, 1.54) is 36.3 Å². The molecule has 1 aliphatic heterocycles. The van der Waals surface area contributed by atoms with Crippen LogP contribution in [0.3, 0.4) is 0 Å². The maximum atomic E-state index is 12.7. The van der Waals surface area contributed by atoms with Gasteiger partial charge in [-0.25, -0.2) is 4.79 Å². The first-order valence-corrected chi connectivity index (χ1v) is 9.59. The summed E-state index contributed by atoms with van der Waals surface area (Å²) in [7, 11) is 1.45. The molecular formula is C18H22N2O6S. The van der Waals surface area contributed by atoms with Crippen molar-refractivity contribution in [2.75, 3.05) is 12.9 Å². The maximum absolute atomic E-state index is 12.7. The van der Waals surface area contributed by atoms with Crippen LogP contribution in [0.2, 0.25) is 0 Å². The molecule has 1 unspecified atom stereocenters. The zero-order valence-corrected chi connectivity index (χ0v) is 16.3. The van der Waals surface area contributed by atoms with E-state index in [2.05, 4.69) is 0 Å². The second kappa shape index (κ2) is 9.40. The number of rotatable bonds is 9. The van der Waals surface area contributed by atoms with Crippen LogP contribution in [0.15, 0.2) is 35.7 Å². The number of carbonyl (C=O) groups excluding carboxylic acids is 2. The van der Waals surface area contributed by atoms with Crippen molar-refractivity contribution in [3.8, 4) is 0 Å². The van der Waals surface area contributed by atoms with Crippen LogP contribution in [0.4, 0.5) is 5.69 Å². The van der Waals surface area contributed by atoms with E-state index < -0.39 is 10.9 Å². The first-order valence-electron chi connectivity index (χ1n) is 8.54. The van der Waals surface area contributed by atoms with Gasteiger partial charge in [-0.2, -0.15) is 0 Å². The lowest BCUT2D eigenvalue weighted by Gasteiger charge is -2.40. The lowest BCUT2D eigenvalue weighted by molar-refractivity contribution is -0.384. The molecule has 1 aromatic carbocycles. The Hall–Kier alpha value is -2.55. The quantitative estimate of drug-likeness (QED) is 0.158. The normalized spacial score (nSPS) is 17.1. The van der Waals surface area contributed by atoms with Gasteiger partial charge in [0.2, 0.25) is 5.91 Å². The van der Waals surface area contributed by atoms with Crippen LogP contribution in [-0.2, 0) is 25.7 Å². The number of methoxy groups -OCH3 is 1. The number of benzene rings is 1. The molecule has 1 fully saturated rings. The van der Waals surface area contributed by atoms with Crippen LogP contribution in [0.5, 0.6) is 0 Å². The topological polar surface area (TPSA) is 99.0 Å². The number of esters is 1. The van der Waals surface area contributed by atoms with E-state index in [1.54, 1.807) is 11.8 Å². The van der Waals surface area contributed by atoms with Crippen LogP contribution in [0.25, 0.3) is 0 Å². The minimum absolute atomic E-state index is 0.0380. The number of nitro groups is 1. The summed E-state index contributed by atoms with van der Waals surface area (Å²) >= 11 is 1.58. The Kier molecular flexibility index (Phi) is 7.23. The van der Waals surface area contributed by atoms with Crippen molar-refractivity contribution in [3.63, 3.8) is 0 Å². The molecule has 1 amide bonds. The summed E-state index contributed by atoms with van der Waals surface area (Å²) < 4.78 is 10.7. The van der Waals surface area contributed by atoms with Gasteiger partial charge in [0.15, 0.2) is 5.70 Å². The fraction of sp³-hybridized carbons (Fsp3) is 0.444. The smallest absolute Gasteiger partial charge is 0.358 e. The van der Waals surface area contributed by atoms with Crippen molar-refractivity contribution in [1.29, 1.82) is 0 Å². The molecule has 2 rings (SSSR count). The Balaban J connectivity index is 2.16. The molecule has 1 saturated heterocycles. The van der Waals surface area contributed by atoms with Crippen LogP contribution < -0.4 is 0 Å². The summed E-state index contributed by atoms with van der Waals surface area (Å²) in [5.41, 5.74) is 0.700. The molecule has 0 saturated carbocycles. The van der Waals surface area contributed by atoms with E-state index in [4.69, 9.17) is 9.47 Å². The van der Waals surface area contributed by atoms with Crippen molar-refractivity contribution >= 4 is 29.3 Å². The molecule has 0 radical (unpaired) electrons. The third-order valence-corrected chi connectivity index (χ3v) is 5.14. The van der Waals surface area contributed by atoms with Gasteiger partial charge in [0.05, 0.1) is 23.8 Å². The van der Waals surface area contributed by atoms with E-state index in [-0.39, 0.29) is 29.3 Å². The molecule has 1 aromatic rings. The van der Waals surface area contributed by atoms with Gasteiger partial charge in [-0.05, 0) is 23.4 Å². The van der Waals surface area contributed by atoms with Crippen LogP contribution in [0, 0.1) is 10.1 Å². The summed E-state index contributed by atoms with van der Waals surface area (Å²) in [4.78, 5) is 36.5. The Morgan fingerprint density at radius 1 is 1.33 bits per heavy atom.